The van der Waals surface area contributed by atoms with Crippen LogP contribution in [0.4, 0.5) is 5.69 Å². The van der Waals surface area contributed by atoms with Gasteiger partial charge in [-0.15, -0.1) is 0 Å². The average Bonchev–Trinajstić information content (AvgIpc) is 3.16. The van der Waals surface area contributed by atoms with Crippen molar-refractivity contribution in [3.8, 4) is 17.2 Å². The van der Waals surface area contributed by atoms with Gasteiger partial charge in [-0.2, -0.15) is 0 Å². The molecule has 2 aromatic carbocycles. The Kier molecular flexibility index (Phi) is 5.40. The van der Waals surface area contributed by atoms with Crippen molar-refractivity contribution in [1.82, 2.24) is 4.90 Å². The molecule has 1 atom stereocenters. The quantitative estimate of drug-likeness (QED) is 0.816. The Morgan fingerprint density at radius 2 is 1.94 bits per heavy atom. The predicted molar refractivity (Wildman–Crippen MR) is 115 cm³/mol. The number of fused-ring (bicyclic) bond motifs is 2. The zero-order chi connectivity index (χ0) is 21.2. The Morgan fingerprint density at radius 3 is 2.84 bits per heavy atom. The Balaban J connectivity index is 1.25. The van der Waals surface area contributed by atoms with E-state index in [1.54, 1.807) is 6.07 Å². The smallest absolute Gasteiger partial charge is 0.261 e. The topological polar surface area (TPSA) is 77.1 Å². The molecule has 3 heterocycles. The van der Waals surface area contributed by atoms with E-state index in [4.69, 9.17) is 14.2 Å². The zero-order valence-electron chi connectivity index (χ0n) is 17.4. The first-order chi connectivity index (χ1) is 15.2. The summed E-state index contributed by atoms with van der Waals surface area (Å²) in [6, 6.07) is 11.5. The third kappa shape index (κ3) is 4.17. The minimum Gasteiger partial charge on any atom is -0.490 e. The number of likely N-dealkylation sites (tertiary alicyclic amines) is 1. The van der Waals surface area contributed by atoms with Gasteiger partial charge in [-0.3, -0.25) is 9.59 Å². The van der Waals surface area contributed by atoms with Gasteiger partial charge in [0.15, 0.2) is 18.1 Å². The molecule has 0 spiro atoms. The Labute approximate surface area is 181 Å². The van der Waals surface area contributed by atoms with Crippen molar-refractivity contribution < 1.29 is 23.8 Å². The molecule has 3 aliphatic heterocycles. The maximum absolute atomic E-state index is 13.0. The molecule has 1 N–H and O–H groups in total. The minimum absolute atomic E-state index is 0.00774. The van der Waals surface area contributed by atoms with Gasteiger partial charge in [0.25, 0.3) is 5.91 Å². The number of nitrogens with zero attached hydrogens (tertiary/aromatic N) is 1. The number of carbonyl (C=O) groups excluding carboxylic acids is 2. The molecule has 0 saturated carbocycles. The van der Waals surface area contributed by atoms with Gasteiger partial charge >= 0.3 is 0 Å². The van der Waals surface area contributed by atoms with Crippen LogP contribution in [0, 0.1) is 0 Å². The van der Waals surface area contributed by atoms with Crippen LogP contribution in [-0.4, -0.2) is 43.1 Å². The molecule has 1 saturated heterocycles. The lowest BCUT2D eigenvalue weighted by molar-refractivity contribution is -0.134. The maximum Gasteiger partial charge on any atom is 0.261 e. The Hall–Kier alpha value is -3.22. The molecule has 2 amide bonds. The highest BCUT2D eigenvalue weighted by molar-refractivity contribution is 5.94. The number of carbonyl (C=O) groups is 2. The molecule has 31 heavy (non-hydrogen) atoms. The monoisotopic (exact) mass is 422 g/mol. The van der Waals surface area contributed by atoms with Gasteiger partial charge in [-0.1, -0.05) is 6.07 Å². The molecule has 0 bridgehead atoms. The second kappa shape index (κ2) is 8.49. The molecule has 162 valence electrons. The summed E-state index contributed by atoms with van der Waals surface area (Å²) in [5.74, 6) is 2.18. The fraction of sp³-hybridized carbons (Fsp3) is 0.417. The number of amides is 2. The highest BCUT2D eigenvalue weighted by atomic mass is 16.5. The van der Waals surface area contributed by atoms with Crippen LogP contribution in [0.25, 0.3) is 0 Å². The Bertz CT molecular complexity index is 1010. The maximum atomic E-state index is 13.0. The van der Waals surface area contributed by atoms with Gasteiger partial charge in [0.05, 0.1) is 19.3 Å². The van der Waals surface area contributed by atoms with E-state index >= 15 is 0 Å². The van der Waals surface area contributed by atoms with Crippen molar-refractivity contribution in [1.29, 1.82) is 0 Å². The molecule has 3 aliphatic rings. The molecule has 0 aliphatic carbocycles. The van der Waals surface area contributed by atoms with Crippen molar-refractivity contribution in [2.75, 3.05) is 31.7 Å². The number of nitrogens with one attached hydrogen (secondary N) is 1. The number of benzene rings is 2. The normalized spacial score (nSPS) is 19.9. The summed E-state index contributed by atoms with van der Waals surface area (Å²) in [6.07, 6.45) is 3.91. The van der Waals surface area contributed by atoms with Gasteiger partial charge in [-0.05, 0) is 60.7 Å². The van der Waals surface area contributed by atoms with Crippen molar-refractivity contribution in [3.63, 3.8) is 0 Å². The molecule has 1 fully saturated rings. The van der Waals surface area contributed by atoms with Crippen LogP contribution in [0.2, 0.25) is 0 Å². The van der Waals surface area contributed by atoms with Crippen LogP contribution in [-0.2, 0) is 16.0 Å². The van der Waals surface area contributed by atoms with Crippen molar-refractivity contribution in [2.45, 2.75) is 38.1 Å². The summed E-state index contributed by atoms with van der Waals surface area (Å²) in [4.78, 5) is 26.4. The SMILES string of the molecule is O=C1CCc2cc(OCC(=O)N3CCCC3c3ccc4c(c3)OCCCO4)ccc2N1. The number of anilines is 1. The number of hydrogen-bond donors (Lipinski definition) is 1. The molecule has 7 heteroatoms. The van der Waals surface area contributed by atoms with Crippen molar-refractivity contribution in [3.05, 3.63) is 47.5 Å². The van der Waals surface area contributed by atoms with E-state index in [0.717, 1.165) is 54.1 Å². The van der Waals surface area contributed by atoms with Gasteiger partial charge in [0.1, 0.15) is 5.75 Å². The molecular weight excluding hydrogens is 396 g/mol. The fourth-order valence-electron chi connectivity index (χ4n) is 4.48. The summed E-state index contributed by atoms with van der Waals surface area (Å²) in [5, 5.41) is 2.86. The first-order valence-corrected chi connectivity index (χ1v) is 10.9. The lowest BCUT2D eigenvalue weighted by atomic mass is 10.0. The molecular formula is C24H26N2O5. The molecule has 0 radical (unpaired) electrons. The third-order valence-corrected chi connectivity index (χ3v) is 6.06. The average molecular weight is 422 g/mol. The lowest BCUT2D eigenvalue weighted by Crippen LogP contribution is -2.34. The highest BCUT2D eigenvalue weighted by Crippen LogP contribution is 2.38. The van der Waals surface area contributed by atoms with Crippen LogP contribution in [0.1, 0.15) is 42.9 Å². The van der Waals surface area contributed by atoms with Crippen LogP contribution >= 0.6 is 0 Å². The van der Waals surface area contributed by atoms with E-state index in [9.17, 15) is 9.59 Å². The Morgan fingerprint density at radius 1 is 1.06 bits per heavy atom. The molecule has 1 unspecified atom stereocenters. The second-order valence-corrected chi connectivity index (χ2v) is 8.16. The zero-order valence-corrected chi connectivity index (χ0v) is 17.4. The first kappa shape index (κ1) is 19.7. The molecule has 2 aromatic rings. The first-order valence-electron chi connectivity index (χ1n) is 10.9. The largest absolute Gasteiger partial charge is 0.490 e. The standard InChI is InChI=1S/C24H26N2O5/c27-23-9-5-16-13-18(6-7-19(16)25-23)31-15-24(28)26-10-1-3-20(26)17-4-8-21-22(14-17)30-12-2-11-29-21/h4,6-8,13-14,20H,1-3,5,9-12,15H2,(H,25,27). The van der Waals surface area contributed by atoms with Gasteiger partial charge in [0, 0.05) is 25.1 Å². The molecule has 0 aromatic heterocycles. The predicted octanol–water partition coefficient (Wildman–Crippen LogP) is 3.48. The minimum atomic E-state index is -0.0272. The summed E-state index contributed by atoms with van der Waals surface area (Å²) < 4.78 is 17.4. The van der Waals surface area contributed by atoms with Gasteiger partial charge in [-0.25, -0.2) is 0 Å². The number of rotatable bonds is 4. The van der Waals surface area contributed by atoms with E-state index in [1.807, 2.05) is 35.2 Å². The van der Waals surface area contributed by atoms with Gasteiger partial charge in [0.2, 0.25) is 5.91 Å². The van der Waals surface area contributed by atoms with Crippen molar-refractivity contribution in [2.24, 2.45) is 0 Å². The number of hydrogen-bond acceptors (Lipinski definition) is 5. The van der Waals surface area contributed by atoms with E-state index in [2.05, 4.69) is 5.32 Å². The molecule has 7 nitrogen and oxygen atoms in total. The van der Waals surface area contributed by atoms with Crippen LogP contribution in [0.5, 0.6) is 17.2 Å². The highest BCUT2D eigenvalue weighted by Gasteiger charge is 2.31. The summed E-state index contributed by atoms with van der Waals surface area (Å²) in [7, 11) is 0. The summed E-state index contributed by atoms with van der Waals surface area (Å²) >= 11 is 0. The van der Waals surface area contributed by atoms with E-state index in [-0.39, 0.29) is 24.5 Å². The van der Waals surface area contributed by atoms with E-state index in [0.29, 0.717) is 31.8 Å². The number of ether oxygens (including phenoxy) is 3. The van der Waals surface area contributed by atoms with E-state index < -0.39 is 0 Å². The van der Waals surface area contributed by atoms with Gasteiger partial charge < -0.3 is 24.4 Å². The van der Waals surface area contributed by atoms with Crippen LogP contribution < -0.4 is 19.5 Å². The lowest BCUT2D eigenvalue weighted by Gasteiger charge is -2.26. The molecule has 5 rings (SSSR count). The number of aryl methyl sites for hydroxylation is 1. The third-order valence-electron chi connectivity index (χ3n) is 6.06. The van der Waals surface area contributed by atoms with Crippen molar-refractivity contribution >= 4 is 17.5 Å². The second-order valence-electron chi connectivity index (χ2n) is 8.16. The van der Waals surface area contributed by atoms with Crippen LogP contribution in [0.3, 0.4) is 0 Å². The fourth-order valence-corrected chi connectivity index (χ4v) is 4.48. The summed E-state index contributed by atoms with van der Waals surface area (Å²) in [6.45, 7) is 2.01. The van der Waals surface area contributed by atoms with E-state index in [1.165, 1.54) is 0 Å². The summed E-state index contributed by atoms with van der Waals surface area (Å²) in [5.41, 5.74) is 2.93. The van der Waals surface area contributed by atoms with Crippen LogP contribution in [0.15, 0.2) is 36.4 Å².